The van der Waals surface area contributed by atoms with Gasteiger partial charge in [0.15, 0.2) is 0 Å². The number of hydrogen-bond acceptors (Lipinski definition) is 5. The highest BCUT2D eigenvalue weighted by Gasteiger charge is 2.13. The number of nitrogens with one attached hydrogen (secondary N) is 1. The number of ether oxygens (including phenoxy) is 1. The Kier molecular flexibility index (Phi) is 6.56. The molecule has 1 unspecified atom stereocenters. The Hall–Kier alpha value is -1.36. The van der Waals surface area contributed by atoms with Crippen LogP contribution < -0.4 is 10.1 Å². The van der Waals surface area contributed by atoms with Crippen molar-refractivity contribution in [3.8, 4) is 5.88 Å². The van der Waals surface area contributed by atoms with Gasteiger partial charge in [-0.2, -0.15) is 0 Å². The lowest BCUT2D eigenvalue weighted by Gasteiger charge is -2.24. The molecule has 1 N–H and O–H groups in total. The molecule has 1 aromatic heterocycles. The van der Waals surface area contributed by atoms with Crippen LogP contribution in [0.15, 0.2) is 12.4 Å². The summed E-state index contributed by atoms with van der Waals surface area (Å²) >= 11 is 0. The molecule has 1 rings (SSSR count). The van der Waals surface area contributed by atoms with E-state index < -0.39 is 0 Å². The van der Waals surface area contributed by atoms with E-state index in [0.717, 1.165) is 18.8 Å². The molecule has 1 aromatic rings. The summed E-state index contributed by atoms with van der Waals surface area (Å²) in [6.07, 6.45) is 2.64. The molecule has 0 aliphatic carbocycles. The summed E-state index contributed by atoms with van der Waals surface area (Å²) in [6, 6.07) is 2.23. The predicted octanol–water partition coefficient (Wildman–Crippen LogP) is 2.26. The van der Waals surface area contributed by atoms with Gasteiger partial charge in [-0.25, -0.2) is 9.97 Å². The van der Waals surface area contributed by atoms with E-state index >= 15 is 0 Å². The molecule has 0 aliphatic rings. The maximum absolute atomic E-state index is 5.39. The summed E-state index contributed by atoms with van der Waals surface area (Å²) in [4.78, 5) is 10.5. The first-order chi connectivity index (χ1) is 9.01. The van der Waals surface area contributed by atoms with Crippen LogP contribution in [0.5, 0.6) is 5.88 Å². The van der Waals surface area contributed by atoms with Gasteiger partial charge in [-0.1, -0.05) is 13.8 Å². The summed E-state index contributed by atoms with van der Waals surface area (Å²) in [5.41, 5.74) is 0. The van der Waals surface area contributed by atoms with Gasteiger partial charge in [-0.15, -0.1) is 0 Å². The molecule has 1 atom stereocenters. The Balaban J connectivity index is 2.68. The first-order valence-electron chi connectivity index (χ1n) is 6.87. The first-order valence-corrected chi connectivity index (χ1v) is 6.87. The molecule has 0 saturated carbocycles. The van der Waals surface area contributed by atoms with Crippen molar-refractivity contribution >= 4 is 5.82 Å². The van der Waals surface area contributed by atoms with E-state index in [2.05, 4.69) is 48.1 Å². The van der Waals surface area contributed by atoms with E-state index in [1.54, 1.807) is 0 Å². The number of anilines is 1. The van der Waals surface area contributed by atoms with Gasteiger partial charge >= 0.3 is 0 Å². The highest BCUT2D eigenvalue weighted by molar-refractivity contribution is 5.38. The monoisotopic (exact) mass is 266 g/mol. The lowest BCUT2D eigenvalue weighted by Crippen LogP contribution is -2.33. The summed E-state index contributed by atoms with van der Waals surface area (Å²) in [6.45, 7) is 8.00. The van der Waals surface area contributed by atoms with Gasteiger partial charge in [-0.05, 0) is 33.4 Å². The molecule has 0 bridgehead atoms. The predicted molar refractivity (Wildman–Crippen MR) is 78.6 cm³/mol. The third-order valence-corrected chi connectivity index (χ3v) is 2.63. The Bertz CT molecular complexity index is 358. The molecule has 0 spiro atoms. The van der Waals surface area contributed by atoms with E-state index in [9.17, 15) is 0 Å². The van der Waals surface area contributed by atoms with Crippen LogP contribution in [0.25, 0.3) is 0 Å². The minimum atomic E-state index is 0.374. The standard InChI is InChI=1S/C14H26N4O/c1-6-19-14-8-13(15-10-16-14)17-12(7-11(2)3)9-18(4)5/h8,10-12H,6-7,9H2,1-5H3,(H,15,16,17). The van der Waals surface area contributed by atoms with Crippen molar-refractivity contribution in [3.05, 3.63) is 12.4 Å². The highest BCUT2D eigenvalue weighted by atomic mass is 16.5. The van der Waals surface area contributed by atoms with E-state index in [0.29, 0.717) is 24.4 Å². The van der Waals surface area contributed by atoms with Crippen LogP contribution in [0.4, 0.5) is 5.82 Å². The fourth-order valence-corrected chi connectivity index (χ4v) is 2.04. The van der Waals surface area contributed by atoms with Crippen molar-refractivity contribution in [2.75, 3.05) is 32.6 Å². The van der Waals surface area contributed by atoms with Crippen molar-refractivity contribution in [2.24, 2.45) is 5.92 Å². The third-order valence-electron chi connectivity index (χ3n) is 2.63. The van der Waals surface area contributed by atoms with Crippen LogP contribution in [0.3, 0.4) is 0 Å². The molecule has 108 valence electrons. The van der Waals surface area contributed by atoms with Gasteiger partial charge in [0, 0.05) is 18.7 Å². The van der Waals surface area contributed by atoms with Gasteiger partial charge in [-0.3, -0.25) is 0 Å². The summed E-state index contributed by atoms with van der Waals surface area (Å²) in [5, 5.41) is 3.47. The Labute approximate surface area is 116 Å². The minimum absolute atomic E-state index is 0.374. The molecule has 1 heterocycles. The lowest BCUT2D eigenvalue weighted by molar-refractivity contribution is 0.326. The third kappa shape index (κ3) is 6.38. The van der Waals surface area contributed by atoms with Crippen LogP contribution in [0.1, 0.15) is 27.2 Å². The topological polar surface area (TPSA) is 50.3 Å². The van der Waals surface area contributed by atoms with Crippen LogP contribution in [-0.4, -0.2) is 48.2 Å². The zero-order chi connectivity index (χ0) is 14.3. The quantitative estimate of drug-likeness (QED) is 0.782. The largest absolute Gasteiger partial charge is 0.478 e. The number of aromatic nitrogens is 2. The zero-order valence-corrected chi connectivity index (χ0v) is 12.7. The Morgan fingerprint density at radius 1 is 1.32 bits per heavy atom. The second-order valence-electron chi connectivity index (χ2n) is 5.41. The molecule has 0 radical (unpaired) electrons. The van der Waals surface area contributed by atoms with E-state index in [-0.39, 0.29) is 0 Å². The number of nitrogens with zero attached hydrogens (tertiary/aromatic N) is 3. The molecule has 5 heteroatoms. The molecular formula is C14H26N4O. The average molecular weight is 266 g/mol. The Morgan fingerprint density at radius 3 is 2.63 bits per heavy atom. The molecule has 0 saturated heterocycles. The summed E-state index contributed by atoms with van der Waals surface area (Å²) in [7, 11) is 4.17. The smallest absolute Gasteiger partial charge is 0.218 e. The van der Waals surface area contributed by atoms with Gasteiger partial charge in [0.25, 0.3) is 0 Å². The van der Waals surface area contributed by atoms with Crippen molar-refractivity contribution in [1.29, 1.82) is 0 Å². The number of rotatable bonds is 8. The van der Waals surface area contributed by atoms with E-state index in [1.807, 2.05) is 13.0 Å². The van der Waals surface area contributed by atoms with Crippen LogP contribution >= 0.6 is 0 Å². The SMILES string of the molecule is CCOc1cc(NC(CC(C)C)CN(C)C)ncn1. The summed E-state index contributed by atoms with van der Waals surface area (Å²) in [5.74, 6) is 2.09. The van der Waals surface area contributed by atoms with Gasteiger partial charge in [0.05, 0.1) is 6.61 Å². The molecule has 0 aliphatic heterocycles. The molecule has 5 nitrogen and oxygen atoms in total. The molecule has 0 fully saturated rings. The zero-order valence-electron chi connectivity index (χ0n) is 12.7. The van der Waals surface area contributed by atoms with Gasteiger partial charge in [0.2, 0.25) is 5.88 Å². The Morgan fingerprint density at radius 2 is 2.05 bits per heavy atom. The maximum Gasteiger partial charge on any atom is 0.218 e. The van der Waals surface area contributed by atoms with Crippen molar-refractivity contribution in [1.82, 2.24) is 14.9 Å². The van der Waals surface area contributed by atoms with Crippen LogP contribution in [0, 0.1) is 5.92 Å². The summed E-state index contributed by atoms with van der Waals surface area (Å²) < 4.78 is 5.39. The first kappa shape index (κ1) is 15.7. The van der Waals surface area contributed by atoms with Gasteiger partial charge in [0.1, 0.15) is 12.1 Å². The highest BCUT2D eigenvalue weighted by Crippen LogP contribution is 2.15. The molecule has 0 aromatic carbocycles. The van der Waals surface area contributed by atoms with Crippen molar-refractivity contribution in [2.45, 2.75) is 33.2 Å². The van der Waals surface area contributed by atoms with E-state index in [4.69, 9.17) is 4.74 Å². The van der Waals surface area contributed by atoms with Gasteiger partial charge < -0.3 is 15.0 Å². The normalized spacial score (nSPS) is 12.8. The minimum Gasteiger partial charge on any atom is -0.478 e. The second kappa shape index (κ2) is 7.94. The van der Waals surface area contributed by atoms with Crippen molar-refractivity contribution in [3.63, 3.8) is 0 Å². The second-order valence-corrected chi connectivity index (χ2v) is 5.41. The number of likely N-dealkylation sites (N-methyl/N-ethyl adjacent to an activating group) is 1. The maximum atomic E-state index is 5.39. The van der Waals surface area contributed by atoms with Crippen LogP contribution in [-0.2, 0) is 0 Å². The number of hydrogen-bond donors (Lipinski definition) is 1. The molecule has 19 heavy (non-hydrogen) atoms. The fraction of sp³-hybridized carbons (Fsp3) is 0.714. The lowest BCUT2D eigenvalue weighted by atomic mass is 10.0. The molecular weight excluding hydrogens is 240 g/mol. The van der Waals surface area contributed by atoms with Crippen molar-refractivity contribution < 1.29 is 4.74 Å². The molecule has 0 amide bonds. The van der Waals surface area contributed by atoms with Crippen LogP contribution in [0.2, 0.25) is 0 Å². The fourth-order valence-electron chi connectivity index (χ4n) is 2.04. The average Bonchev–Trinajstić information content (AvgIpc) is 2.27. The van der Waals surface area contributed by atoms with E-state index in [1.165, 1.54) is 6.33 Å².